The summed E-state index contributed by atoms with van der Waals surface area (Å²) < 4.78 is 16.4. The Bertz CT molecular complexity index is 1060. The highest BCUT2D eigenvalue weighted by Crippen LogP contribution is 2.46. The highest BCUT2D eigenvalue weighted by atomic mass is 32.2. The summed E-state index contributed by atoms with van der Waals surface area (Å²) in [5.74, 6) is 0. The quantitative estimate of drug-likeness (QED) is 0.255. The molecular formula is C20H17O5PS. The minimum Gasteiger partial charge on any atom is -0.397 e. The van der Waals surface area contributed by atoms with Crippen molar-refractivity contribution < 1.29 is 23.7 Å². The monoisotopic (exact) mass is 400 g/mol. The Kier molecular flexibility index (Phi) is 5.82. The number of hydrogen-bond donors (Lipinski definition) is 2. The molecule has 0 saturated carbocycles. The maximum atomic E-state index is 11.4. The van der Waals surface area contributed by atoms with Crippen molar-refractivity contribution in [3.8, 4) is 0 Å². The normalized spacial score (nSPS) is 12.6. The van der Waals surface area contributed by atoms with Gasteiger partial charge in [0.15, 0.2) is 5.09 Å². The summed E-state index contributed by atoms with van der Waals surface area (Å²) in [7, 11) is -4.71. The summed E-state index contributed by atoms with van der Waals surface area (Å²) in [4.78, 5) is 30.3. The Hall–Kier alpha value is -2.37. The van der Waals surface area contributed by atoms with E-state index in [-0.39, 0.29) is 5.09 Å². The van der Waals surface area contributed by atoms with E-state index in [1.54, 1.807) is 19.1 Å². The van der Waals surface area contributed by atoms with Crippen LogP contribution in [0.2, 0.25) is 0 Å². The van der Waals surface area contributed by atoms with Gasteiger partial charge in [-0.05, 0) is 47.5 Å². The van der Waals surface area contributed by atoms with Crippen molar-refractivity contribution in [2.45, 2.75) is 11.8 Å². The van der Waals surface area contributed by atoms with E-state index in [2.05, 4.69) is 0 Å². The molecule has 7 heteroatoms. The molecule has 0 aliphatic carbocycles. The van der Waals surface area contributed by atoms with E-state index in [4.69, 9.17) is 4.52 Å². The van der Waals surface area contributed by atoms with Crippen molar-refractivity contribution in [1.29, 1.82) is 0 Å². The summed E-state index contributed by atoms with van der Waals surface area (Å²) >= 11 is 1.15. The number of hydrogen-bond acceptors (Lipinski definition) is 4. The molecule has 3 rings (SSSR count). The van der Waals surface area contributed by atoms with Crippen LogP contribution in [-0.4, -0.2) is 16.1 Å². The fourth-order valence-electron chi connectivity index (χ4n) is 2.56. The second-order valence-electron chi connectivity index (χ2n) is 5.85. The van der Waals surface area contributed by atoms with E-state index in [0.29, 0.717) is 11.1 Å². The molecule has 0 unspecified atom stereocenters. The van der Waals surface area contributed by atoms with Crippen LogP contribution >= 0.6 is 19.6 Å². The van der Waals surface area contributed by atoms with Gasteiger partial charge in [0.05, 0.1) is 0 Å². The summed E-state index contributed by atoms with van der Waals surface area (Å²) in [6, 6.07) is 20.2. The van der Waals surface area contributed by atoms with Crippen LogP contribution in [0.3, 0.4) is 0 Å². The Labute approximate surface area is 160 Å². The number of phosphoric ester groups is 1. The number of allylic oxidation sites excluding steroid dienone is 1. The Morgan fingerprint density at radius 2 is 1.67 bits per heavy atom. The van der Waals surface area contributed by atoms with Gasteiger partial charge in [0, 0.05) is 16.0 Å². The van der Waals surface area contributed by atoms with Crippen molar-refractivity contribution in [3.63, 3.8) is 0 Å². The largest absolute Gasteiger partial charge is 0.525 e. The molecule has 5 nitrogen and oxygen atoms in total. The molecule has 3 aromatic rings. The number of benzene rings is 3. The Morgan fingerprint density at radius 3 is 2.33 bits per heavy atom. The van der Waals surface area contributed by atoms with Gasteiger partial charge in [-0.25, -0.2) is 4.57 Å². The van der Waals surface area contributed by atoms with Crippen LogP contribution in [0.5, 0.6) is 0 Å². The number of thioether (sulfide) groups is 1. The molecule has 0 aromatic heterocycles. The molecule has 0 spiro atoms. The molecule has 0 atom stereocenters. The molecule has 0 saturated heterocycles. The minimum absolute atomic E-state index is 0.137. The molecule has 0 amide bonds. The molecule has 0 fully saturated rings. The van der Waals surface area contributed by atoms with Gasteiger partial charge in [0.25, 0.3) is 0 Å². The van der Waals surface area contributed by atoms with Crippen molar-refractivity contribution in [2.24, 2.45) is 0 Å². The third kappa shape index (κ3) is 5.08. The van der Waals surface area contributed by atoms with Crippen LogP contribution in [0.4, 0.5) is 0 Å². The predicted octanol–water partition coefficient (Wildman–Crippen LogP) is 5.24. The van der Waals surface area contributed by atoms with E-state index < -0.39 is 7.82 Å². The van der Waals surface area contributed by atoms with Crippen molar-refractivity contribution in [1.82, 2.24) is 0 Å². The zero-order valence-electron chi connectivity index (χ0n) is 14.4. The van der Waals surface area contributed by atoms with Crippen LogP contribution in [0.25, 0.3) is 16.3 Å². The third-order valence-corrected chi connectivity index (χ3v) is 5.52. The van der Waals surface area contributed by atoms with E-state index >= 15 is 0 Å². The van der Waals surface area contributed by atoms with Gasteiger partial charge in [0.2, 0.25) is 0 Å². The van der Waals surface area contributed by atoms with E-state index in [9.17, 15) is 19.1 Å². The van der Waals surface area contributed by atoms with Crippen LogP contribution in [0, 0.1) is 0 Å². The maximum absolute atomic E-state index is 11.4. The van der Waals surface area contributed by atoms with Crippen LogP contribution in [-0.2, 0) is 9.09 Å². The number of phosphoric acid groups is 1. The number of rotatable bonds is 6. The van der Waals surface area contributed by atoms with Gasteiger partial charge in [0.1, 0.15) is 6.29 Å². The van der Waals surface area contributed by atoms with Gasteiger partial charge in [-0.2, -0.15) is 0 Å². The zero-order chi connectivity index (χ0) is 19.4. The van der Waals surface area contributed by atoms with Crippen LogP contribution < -0.4 is 0 Å². The molecule has 0 radical (unpaired) electrons. The average Bonchev–Trinajstić information content (AvgIpc) is 2.65. The molecule has 0 heterocycles. The molecule has 0 aliphatic rings. The lowest BCUT2D eigenvalue weighted by molar-refractivity contribution is 0.112. The Balaban J connectivity index is 2.05. The van der Waals surface area contributed by atoms with Gasteiger partial charge in [-0.15, -0.1) is 0 Å². The second kappa shape index (κ2) is 8.11. The van der Waals surface area contributed by atoms with Crippen LogP contribution in [0.15, 0.2) is 76.7 Å². The highest BCUT2D eigenvalue weighted by Gasteiger charge is 2.21. The van der Waals surface area contributed by atoms with Crippen molar-refractivity contribution >= 4 is 42.2 Å². The van der Waals surface area contributed by atoms with Gasteiger partial charge in [-0.3, -0.25) is 14.6 Å². The molecule has 0 aliphatic heterocycles. The highest BCUT2D eigenvalue weighted by molar-refractivity contribution is 8.03. The van der Waals surface area contributed by atoms with Gasteiger partial charge in [-0.1, -0.05) is 54.2 Å². The second-order valence-corrected chi connectivity index (χ2v) is 8.06. The lowest BCUT2D eigenvalue weighted by Crippen LogP contribution is -1.92. The average molecular weight is 400 g/mol. The fraction of sp³-hybridized carbons (Fsp3) is 0.0500. The summed E-state index contributed by atoms with van der Waals surface area (Å²) in [6.45, 7) is 1.75. The van der Waals surface area contributed by atoms with Crippen molar-refractivity contribution in [3.05, 3.63) is 82.9 Å². The zero-order valence-corrected chi connectivity index (χ0v) is 16.1. The van der Waals surface area contributed by atoms with Gasteiger partial charge < -0.3 is 4.52 Å². The molecular weight excluding hydrogens is 383 g/mol. The maximum Gasteiger partial charge on any atom is 0.525 e. The van der Waals surface area contributed by atoms with E-state index in [1.807, 2.05) is 54.6 Å². The first-order chi connectivity index (χ1) is 12.9. The molecule has 27 heavy (non-hydrogen) atoms. The molecule has 138 valence electrons. The van der Waals surface area contributed by atoms with E-state index in [1.165, 1.54) is 0 Å². The third-order valence-electron chi connectivity index (χ3n) is 3.90. The summed E-state index contributed by atoms with van der Waals surface area (Å²) in [5.41, 5.74) is 1.97. The van der Waals surface area contributed by atoms with Gasteiger partial charge >= 0.3 is 7.82 Å². The number of carbonyl (C=O) groups is 1. The first-order valence-corrected chi connectivity index (χ1v) is 10.4. The Morgan fingerprint density at radius 1 is 1.00 bits per heavy atom. The van der Waals surface area contributed by atoms with E-state index in [0.717, 1.165) is 39.3 Å². The minimum atomic E-state index is -4.71. The summed E-state index contributed by atoms with van der Waals surface area (Å²) in [5, 5.41) is 1.96. The molecule has 2 N–H and O–H groups in total. The standard InChI is InChI=1S/C20H17O5PS/c1-14(16-9-10-17-11-15(13-21)7-8-18(17)12-16)20(25-26(22,23)24)27-19-5-3-2-4-6-19/h2-13H,1H3,(H2,22,23,24)/b20-14+. The lowest BCUT2D eigenvalue weighted by Gasteiger charge is -2.15. The fourth-order valence-corrected chi connectivity index (χ4v) is 4.13. The lowest BCUT2D eigenvalue weighted by atomic mass is 10.0. The number of fused-ring (bicyclic) bond motifs is 1. The van der Waals surface area contributed by atoms with Crippen molar-refractivity contribution in [2.75, 3.05) is 0 Å². The first kappa shape index (κ1) is 19.4. The topological polar surface area (TPSA) is 83.8 Å². The van der Waals surface area contributed by atoms with Crippen LogP contribution in [0.1, 0.15) is 22.8 Å². The number of aldehydes is 1. The summed E-state index contributed by atoms with van der Waals surface area (Å²) in [6.07, 6.45) is 0.793. The SMILES string of the molecule is C/C(=C(/OP(=O)(O)O)Sc1ccccc1)c1ccc2cc(C=O)ccc2c1. The molecule has 3 aromatic carbocycles. The predicted molar refractivity (Wildman–Crippen MR) is 107 cm³/mol. The smallest absolute Gasteiger partial charge is 0.397 e. The number of carbonyl (C=O) groups excluding carboxylic acids is 1. The first-order valence-electron chi connectivity index (χ1n) is 8.04. The molecule has 0 bridgehead atoms.